The molecule has 2 atom stereocenters. The summed E-state index contributed by atoms with van der Waals surface area (Å²) in [5.41, 5.74) is -0.286. The third-order valence-corrected chi connectivity index (χ3v) is 7.79. The second-order valence-electron chi connectivity index (χ2n) is 8.19. The monoisotopic (exact) mass is 594 g/mol. The minimum Gasteiger partial charge on any atom is -0.495 e. The van der Waals surface area contributed by atoms with E-state index < -0.39 is 33.4 Å². The Hall–Kier alpha value is -2.44. The van der Waals surface area contributed by atoms with Crippen molar-refractivity contribution in [2.45, 2.75) is 31.0 Å². The standard InChI is InChI=1S/C23H25Cl3N2O8S/c1-12-9-28(10-13(2)36-12)22(29)11-35-23(30)14-5-21(17(26)6-15(14)24)37(31,32)27-18-7-16(25)19(33-3)8-20(18)34-4/h5-8,12-13,27H,9-11H2,1-4H3. The number of rotatable bonds is 8. The number of anilines is 1. The molecule has 1 fully saturated rings. The minimum absolute atomic E-state index is 0.00278. The Morgan fingerprint density at radius 2 is 1.59 bits per heavy atom. The van der Waals surface area contributed by atoms with E-state index >= 15 is 0 Å². The lowest BCUT2D eigenvalue weighted by molar-refractivity contribution is -0.146. The number of ether oxygens (including phenoxy) is 4. The van der Waals surface area contributed by atoms with Crippen LogP contribution in [0.5, 0.6) is 11.5 Å². The smallest absolute Gasteiger partial charge is 0.340 e. The first kappa shape index (κ1) is 29.1. The molecular weight excluding hydrogens is 571 g/mol. The number of halogens is 3. The van der Waals surface area contributed by atoms with E-state index in [4.69, 9.17) is 53.8 Å². The van der Waals surface area contributed by atoms with Crippen LogP contribution in [0.15, 0.2) is 29.2 Å². The number of hydrogen-bond donors (Lipinski definition) is 1. The predicted octanol–water partition coefficient (Wildman–Crippen LogP) is 4.26. The zero-order valence-corrected chi connectivity index (χ0v) is 23.4. The lowest BCUT2D eigenvalue weighted by Crippen LogP contribution is -2.49. The normalized spacial score (nSPS) is 17.8. The first-order valence-electron chi connectivity index (χ1n) is 10.9. The van der Waals surface area contributed by atoms with Gasteiger partial charge in [0.25, 0.3) is 15.9 Å². The molecule has 10 nitrogen and oxygen atoms in total. The van der Waals surface area contributed by atoms with Gasteiger partial charge in [-0.05, 0) is 32.0 Å². The number of carbonyl (C=O) groups is 2. The topological polar surface area (TPSA) is 120 Å². The summed E-state index contributed by atoms with van der Waals surface area (Å²) in [6.45, 7) is 3.82. The molecule has 0 aromatic heterocycles. The minimum atomic E-state index is -4.36. The van der Waals surface area contributed by atoms with Gasteiger partial charge in [0.1, 0.15) is 16.4 Å². The van der Waals surface area contributed by atoms with Gasteiger partial charge < -0.3 is 23.8 Å². The Labute approximate surface area is 229 Å². The van der Waals surface area contributed by atoms with Gasteiger partial charge in [0.15, 0.2) is 6.61 Å². The fraction of sp³-hybridized carbons (Fsp3) is 0.391. The Kier molecular flexibility index (Phi) is 9.41. The van der Waals surface area contributed by atoms with Crippen LogP contribution in [-0.4, -0.2) is 71.3 Å². The maximum Gasteiger partial charge on any atom is 0.340 e. The molecular formula is C23H25Cl3N2O8S. The number of hydrogen-bond acceptors (Lipinski definition) is 8. The van der Waals surface area contributed by atoms with E-state index in [0.29, 0.717) is 13.1 Å². The summed E-state index contributed by atoms with van der Waals surface area (Å²) in [5, 5.41) is -0.277. The molecule has 37 heavy (non-hydrogen) atoms. The van der Waals surface area contributed by atoms with Crippen LogP contribution in [0.2, 0.25) is 15.1 Å². The Morgan fingerprint density at radius 1 is 0.973 bits per heavy atom. The molecule has 0 spiro atoms. The van der Waals surface area contributed by atoms with Crippen molar-refractivity contribution in [2.75, 3.05) is 38.6 Å². The molecule has 2 aromatic rings. The summed E-state index contributed by atoms with van der Waals surface area (Å²) in [6, 6.07) is 4.77. The van der Waals surface area contributed by atoms with Crippen molar-refractivity contribution in [3.63, 3.8) is 0 Å². The molecule has 1 aliphatic heterocycles. The SMILES string of the molecule is COc1cc(OC)c(NS(=O)(=O)c2cc(C(=O)OCC(=O)N3CC(C)OC(C)C3)c(Cl)cc2Cl)cc1Cl. The largest absolute Gasteiger partial charge is 0.495 e. The van der Waals surface area contributed by atoms with Gasteiger partial charge in [-0.3, -0.25) is 9.52 Å². The highest BCUT2D eigenvalue weighted by molar-refractivity contribution is 7.92. The molecule has 0 aliphatic carbocycles. The molecule has 14 heteroatoms. The van der Waals surface area contributed by atoms with Gasteiger partial charge in [-0.2, -0.15) is 0 Å². The number of morpholine rings is 1. The highest BCUT2D eigenvalue weighted by atomic mass is 35.5. The second kappa shape index (κ2) is 12.0. The second-order valence-corrected chi connectivity index (χ2v) is 11.1. The predicted molar refractivity (Wildman–Crippen MR) is 139 cm³/mol. The maximum absolute atomic E-state index is 13.2. The molecule has 0 radical (unpaired) electrons. The fourth-order valence-electron chi connectivity index (χ4n) is 3.71. The highest BCUT2D eigenvalue weighted by Gasteiger charge is 2.28. The van der Waals surface area contributed by atoms with Crippen LogP contribution in [-0.2, 0) is 24.3 Å². The van der Waals surface area contributed by atoms with Gasteiger partial charge in [-0.25, -0.2) is 13.2 Å². The third kappa shape index (κ3) is 6.91. The molecule has 2 aromatic carbocycles. The van der Waals surface area contributed by atoms with Crippen LogP contribution in [0.25, 0.3) is 0 Å². The Balaban J connectivity index is 1.82. The van der Waals surface area contributed by atoms with Crippen LogP contribution < -0.4 is 14.2 Å². The van der Waals surface area contributed by atoms with Crippen molar-refractivity contribution >= 4 is 62.4 Å². The van der Waals surface area contributed by atoms with E-state index in [2.05, 4.69) is 4.72 Å². The fourth-order valence-corrected chi connectivity index (χ4v) is 5.86. The molecule has 1 heterocycles. The molecule has 3 rings (SSSR count). The van der Waals surface area contributed by atoms with Gasteiger partial charge in [0, 0.05) is 19.2 Å². The number of amides is 1. The molecule has 0 bridgehead atoms. The van der Waals surface area contributed by atoms with E-state index in [-0.39, 0.29) is 50.0 Å². The highest BCUT2D eigenvalue weighted by Crippen LogP contribution is 2.38. The average Bonchev–Trinajstić information content (AvgIpc) is 2.81. The molecule has 1 N–H and O–H groups in total. The number of benzene rings is 2. The van der Waals surface area contributed by atoms with E-state index in [0.717, 1.165) is 12.1 Å². The van der Waals surface area contributed by atoms with Crippen LogP contribution in [0.1, 0.15) is 24.2 Å². The number of nitrogens with one attached hydrogen (secondary N) is 1. The summed E-state index contributed by atoms with van der Waals surface area (Å²) in [4.78, 5) is 26.3. The summed E-state index contributed by atoms with van der Waals surface area (Å²) in [5.74, 6) is -1.02. The average molecular weight is 596 g/mol. The van der Waals surface area contributed by atoms with Crippen molar-refractivity contribution in [1.82, 2.24) is 4.90 Å². The van der Waals surface area contributed by atoms with E-state index in [1.54, 1.807) is 0 Å². The molecule has 1 aliphatic rings. The first-order chi connectivity index (χ1) is 17.4. The van der Waals surface area contributed by atoms with Crippen LogP contribution in [0.4, 0.5) is 5.69 Å². The lowest BCUT2D eigenvalue weighted by atomic mass is 10.2. The lowest BCUT2D eigenvalue weighted by Gasteiger charge is -2.35. The first-order valence-corrected chi connectivity index (χ1v) is 13.5. The molecule has 1 amide bonds. The quantitative estimate of drug-likeness (QED) is 0.450. The number of nitrogens with zero attached hydrogens (tertiary/aromatic N) is 1. The van der Waals surface area contributed by atoms with Crippen molar-refractivity contribution in [2.24, 2.45) is 0 Å². The van der Waals surface area contributed by atoms with Gasteiger partial charge in [-0.15, -0.1) is 0 Å². The van der Waals surface area contributed by atoms with Crippen LogP contribution in [0, 0.1) is 0 Å². The van der Waals surface area contributed by atoms with Crippen LogP contribution >= 0.6 is 34.8 Å². The van der Waals surface area contributed by atoms with E-state index in [1.165, 1.54) is 31.3 Å². The molecule has 1 saturated heterocycles. The van der Waals surface area contributed by atoms with Crippen molar-refractivity contribution in [3.05, 3.63) is 44.9 Å². The van der Waals surface area contributed by atoms with Gasteiger partial charge in [-0.1, -0.05) is 34.8 Å². The summed E-state index contributed by atoms with van der Waals surface area (Å²) in [7, 11) is -1.63. The molecule has 0 saturated carbocycles. The maximum atomic E-state index is 13.2. The Bertz CT molecular complexity index is 1300. The zero-order valence-electron chi connectivity index (χ0n) is 20.3. The van der Waals surface area contributed by atoms with Gasteiger partial charge in [0.05, 0.1) is 52.7 Å². The molecule has 2 unspecified atom stereocenters. The number of methoxy groups -OCH3 is 2. The number of esters is 1. The number of sulfonamides is 1. The summed E-state index contributed by atoms with van der Waals surface area (Å²) >= 11 is 18.4. The van der Waals surface area contributed by atoms with Gasteiger partial charge in [0.2, 0.25) is 0 Å². The van der Waals surface area contributed by atoms with E-state index in [9.17, 15) is 18.0 Å². The third-order valence-electron chi connectivity index (χ3n) is 5.35. The zero-order chi connectivity index (χ0) is 27.5. The van der Waals surface area contributed by atoms with Gasteiger partial charge >= 0.3 is 5.97 Å². The Morgan fingerprint density at radius 3 is 2.19 bits per heavy atom. The molecule has 202 valence electrons. The number of carbonyl (C=O) groups excluding carboxylic acids is 2. The van der Waals surface area contributed by atoms with Crippen molar-refractivity contribution < 1.29 is 37.0 Å². The summed E-state index contributed by atoms with van der Waals surface area (Å²) in [6.07, 6.45) is -0.317. The summed E-state index contributed by atoms with van der Waals surface area (Å²) < 4.78 is 49.7. The van der Waals surface area contributed by atoms with Crippen molar-refractivity contribution in [3.8, 4) is 11.5 Å². The van der Waals surface area contributed by atoms with E-state index in [1.807, 2.05) is 13.8 Å². The van der Waals surface area contributed by atoms with Crippen LogP contribution in [0.3, 0.4) is 0 Å². The van der Waals surface area contributed by atoms with Crippen molar-refractivity contribution in [1.29, 1.82) is 0 Å².